The molecule has 0 nitrogen and oxygen atoms in total. The van der Waals surface area contributed by atoms with E-state index in [0.29, 0.717) is 0 Å². The molecule has 0 aliphatic rings. The quantitative estimate of drug-likeness (QED) is 0.568. The molecule has 0 fully saturated rings. The molecule has 0 unspecified atom stereocenters. The summed E-state index contributed by atoms with van der Waals surface area (Å²) in [6.45, 7) is 2.67. The highest BCUT2D eigenvalue weighted by Crippen LogP contribution is 2.31. The highest BCUT2D eigenvalue weighted by atomic mass is 35.5. The third-order valence-electron chi connectivity index (χ3n) is 1.11. The van der Waals surface area contributed by atoms with Gasteiger partial charge in [0.1, 0.15) is 0 Å². The van der Waals surface area contributed by atoms with E-state index in [-0.39, 0.29) is 11.5 Å². The third kappa shape index (κ3) is 2.60. The molecule has 60 valence electrons. The van der Waals surface area contributed by atoms with Crippen molar-refractivity contribution in [1.29, 1.82) is 0 Å². The molecule has 0 atom stereocenters. The van der Waals surface area contributed by atoms with Crippen LogP contribution < -0.4 is 0 Å². The van der Waals surface area contributed by atoms with Crippen molar-refractivity contribution in [3.05, 3.63) is 10.6 Å². The summed E-state index contributed by atoms with van der Waals surface area (Å²) in [7, 11) is 0. The maximum Gasteiger partial charge on any atom is 0.413 e. The Morgan fingerprint density at radius 3 is 1.80 bits per heavy atom. The van der Waals surface area contributed by atoms with Gasteiger partial charge in [0.25, 0.3) is 0 Å². The number of hydrogen-bond donors (Lipinski definition) is 0. The summed E-state index contributed by atoms with van der Waals surface area (Å²) in [6.07, 6.45) is -4.33. The standard InChI is InChI=1S/C6H8ClF3/c1-3-5(4(2)7)6(8,9)10/h3H2,1-2H3/b5-4-. The number of rotatable bonds is 1. The minimum absolute atomic E-state index is 0.0706. The third-order valence-corrected chi connectivity index (χ3v) is 1.34. The molecule has 0 heterocycles. The fraction of sp³-hybridized carbons (Fsp3) is 0.667. The van der Waals surface area contributed by atoms with Crippen LogP contribution >= 0.6 is 11.6 Å². The lowest BCUT2D eigenvalue weighted by atomic mass is 10.2. The van der Waals surface area contributed by atoms with Crippen LogP contribution in [0, 0.1) is 0 Å². The maximum absolute atomic E-state index is 11.8. The molecule has 0 bridgehead atoms. The van der Waals surface area contributed by atoms with E-state index in [9.17, 15) is 13.2 Å². The predicted molar refractivity (Wildman–Crippen MR) is 34.9 cm³/mol. The first-order valence-electron chi connectivity index (χ1n) is 2.82. The molecule has 0 aliphatic heterocycles. The lowest BCUT2D eigenvalue weighted by Crippen LogP contribution is -2.11. The zero-order chi connectivity index (χ0) is 8.36. The molecule has 0 aromatic rings. The Kier molecular flexibility index (Phi) is 3.22. The van der Waals surface area contributed by atoms with E-state index in [4.69, 9.17) is 11.6 Å². The second kappa shape index (κ2) is 3.28. The normalized spacial score (nSPS) is 15.0. The number of hydrogen-bond acceptors (Lipinski definition) is 0. The van der Waals surface area contributed by atoms with Crippen LogP contribution in [0.4, 0.5) is 13.2 Å². The molecule has 0 saturated carbocycles. The Morgan fingerprint density at radius 1 is 1.40 bits per heavy atom. The first kappa shape index (κ1) is 9.82. The van der Waals surface area contributed by atoms with Crippen LogP contribution in [0.15, 0.2) is 10.6 Å². The molecule has 0 rings (SSSR count). The van der Waals surface area contributed by atoms with Gasteiger partial charge in [-0.2, -0.15) is 13.2 Å². The zero-order valence-electron chi connectivity index (χ0n) is 5.72. The van der Waals surface area contributed by atoms with Gasteiger partial charge in [-0.15, -0.1) is 0 Å². The Bertz CT molecular complexity index is 142. The number of allylic oxidation sites excluding steroid dienone is 2. The van der Waals surface area contributed by atoms with Crippen LogP contribution in [-0.2, 0) is 0 Å². The smallest absolute Gasteiger partial charge is 0.166 e. The predicted octanol–water partition coefficient (Wildman–Crippen LogP) is 3.47. The summed E-state index contributed by atoms with van der Waals surface area (Å²) >= 11 is 5.19. The van der Waals surface area contributed by atoms with Gasteiger partial charge in [0.05, 0.1) is 0 Å². The molecule has 0 radical (unpaired) electrons. The van der Waals surface area contributed by atoms with E-state index < -0.39 is 11.7 Å². The molecular formula is C6H8ClF3. The Morgan fingerprint density at radius 2 is 1.80 bits per heavy atom. The molecule has 0 N–H and O–H groups in total. The first-order chi connectivity index (χ1) is 4.39. The maximum atomic E-state index is 11.8. The Hall–Kier alpha value is -0.180. The van der Waals surface area contributed by atoms with Crippen molar-refractivity contribution in [3.63, 3.8) is 0 Å². The molecule has 10 heavy (non-hydrogen) atoms. The molecule has 0 aromatic carbocycles. The highest BCUT2D eigenvalue weighted by molar-refractivity contribution is 6.29. The largest absolute Gasteiger partial charge is 0.413 e. The summed E-state index contributed by atoms with van der Waals surface area (Å²) in [6, 6.07) is 0. The SMILES string of the molecule is CC/C(=C(\C)Cl)C(F)(F)F. The van der Waals surface area contributed by atoms with Crippen molar-refractivity contribution in [2.75, 3.05) is 0 Å². The van der Waals surface area contributed by atoms with Crippen LogP contribution in [0.3, 0.4) is 0 Å². The second-order valence-corrected chi connectivity index (χ2v) is 2.43. The van der Waals surface area contributed by atoms with E-state index in [2.05, 4.69) is 0 Å². The fourth-order valence-corrected chi connectivity index (χ4v) is 0.880. The van der Waals surface area contributed by atoms with E-state index in [1.54, 1.807) is 0 Å². The summed E-state index contributed by atoms with van der Waals surface area (Å²) in [4.78, 5) is 0. The van der Waals surface area contributed by atoms with Gasteiger partial charge < -0.3 is 0 Å². The first-order valence-corrected chi connectivity index (χ1v) is 3.19. The van der Waals surface area contributed by atoms with E-state index >= 15 is 0 Å². The summed E-state index contributed by atoms with van der Waals surface area (Å²) in [5.74, 6) is 0. The van der Waals surface area contributed by atoms with Crippen molar-refractivity contribution in [3.8, 4) is 0 Å². The van der Waals surface area contributed by atoms with Gasteiger partial charge in [-0.25, -0.2) is 0 Å². The summed E-state index contributed by atoms with van der Waals surface area (Å²) in [5.41, 5.74) is -0.644. The van der Waals surface area contributed by atoms with Crippen LogP contribution in [0.2, 0.25) is 0 Å². The van der Waals surface area contributed by atoms with Crippen LogP contribution in [0.25, 0.3) is 0 Å². The molecule has 0 spiro atoms. The summed E-state index contributed by atoms with van der Waals surface area (Å²) in [5, 5.41) is -0.171. The molecule has 0 saturated heterocycles. The van der Waals surface area contributed by atoms with Crippen LogP contribution in [-0.4, -0.2) is 6.18 Å². The monoisotopic (exact) mass is 172 g/mol. The van der Waals surface area contributed by atoms with Gasteiger partial charge >= 0.3 is 6.18 Å². The zero-order valence-corrected chi connectivity index (χ0v) is 6.47. The number of halogens is 4. The van der Waals surface area contributed by atoms with Gasteiger partial charge in [0.15, 0.2) is 0 Å². The van der Waals surface area contributed by atoms with Crippen molar-refractivity contribution in [2.45, 2.75) is 26.4 Å². The van der Waals surface area contributed by atoms with Crippen molar-refractivity contribution in [1.82, 2.24) is 0 Å². The van der Waals surface area contributed by atoms with E-state index in [1.165, 1.54) is 13.8 Å². The minimum atomic E-state index is -4.26. The lowest BCUT2D eigenvalue weighted by molar-refractivity contribution is -0.0939. The Labute approximate surface area is 62.7 Å². The van der Waals surface area contributed by atoms with Gasteiger partial charge in [-0.1, -0.05) is 18.5 Å². The molecule has 0 amide bonds. The molecular weight excluding hydrogens is 165 g/mol. The molecule has 0 aliphatic carbocycles. The van der Waals surface area contributed by atoms with Crippen molar-refractivity contribution < 1.29 is 13.2 Å². The summed E-state index contributed by atoms with van der Waals surface area (Å²) < 4.78 is 35.5. The van der Waals surface area contributed by atoms with Crippen molar-refractivity contribution in [2.24, 2.45) is 0 Å². The number of alkyl halides is 3. The topological polar surface area (TPSA) is 0 Å². The minimum Gasteiger partial charge on any atom is -0.166 e. The Balaban J connectivity index is 4.55. The van der Waals surface area contributed by atoms with E-state index in [1.807, 2.05) is 0 Å². The molecule has 4 heteroatoms. The van der Waals surface area contributed by atoms with Gasteiger partial charge in [-0.3, -0.25) is 0 Å². The van der Waals surface area contributed by atoms with E-state index in [0.717, 1.165) is 0 Å². The lowest BCUT2D eigenvalue weighted by Gasteiger charge is -2.09. The van der Waals surface area contributed by atoms with Crippen LogP contribution in [0.5, 0.6) is 0 Å². The molecule has 0 aromatic heterocycles. The van der Waals surface area contributed by atoms with Crippen molar-refractivity contribution >= 4 is 11.6 Å². The van der Waals surface area contributed by atoms with Gasteiger partial charge in [0, 0.05) is 10.6 Å². The average Bonchev–Trinajstić information content (AvgIpc) is 1.60. The van der Waals surface area contributed by atoms with Gasteiger partial charge in [0.2, 0.25) is 0 Å². The fourth-order valence-electron chi connectivity index (χ4n) is 0.639. The van der Waals surface area contributed by atoms with Gasteiger partial charge in [-0.05, 0) is 13.3 Å². The average molecular weight is 173 g/mol. The highest BCUT2D eigenvalue weighted by Gasteiger charge is 2.33. The second-order valence-electron chi connectivity index (χ2n) is 1.86. The van der Waals surface area contributed by atoms with Crippen LogP contribution in [0.1, 0.15) is 20.3 Å².